The topological polar surface area (TPSA) is 78.7 Å². The van der Waals surface area contributed by atoms with Gasteiger partial charge in [-0.15, -0.1) is 11.3 Å². The fourth-order valence-corrected chi connectivity index (χ4v) is 7.23. The molecule has 196 valence electrons. The summed E-state index contributed by atoms with van der Waals surface area (Å²) in [5.41, 5.74) is -1.84. The zero-order valence-corrected chi connectivity index (χ0v) is 21.5. The summed E-state index contributed by atoms with van der Waals surface area (Å²) in [5, 5.41) is 12.7. The molecule has 0 bridgehead atoms. The number of nitrogens with zero attached hydrogens (tertiary/aromatic N) is 4. The van der Waals surface area contributed by atoms with Crippen molar-refractivity contribution in [2.75, 3.05) is 24.5 Å². The lowest BCUT2D eigenvalue weighted by molar-refractivity contribution is -0.258. The van der Waals surface area contributed by atoms with Crippen molar-refractivity contribution >= 4 is 38.1 Å². The molecule has 1 saturated heterocycles. The average Bonchev–Trinajstić information content (AvgIpc) is 3.55. The van der Waals surface area contributed by atoms with Gasteiger partial charge < -0.3 is 14.6 Å². The molecule has 0 saturated carbocycles. The van der Waals surface area contributed by atoms with E-state index in [0.717, 1.165) is 29.3 Å². The summed E-state index contributed by atoms with van der Waals surface area (Å²) in [6, 6.07) is 14.3. The Labute approximate surface area is 216 Å². The molecule has 3 aromatic heterocycles. The Morgan fingerprint density at radius 2 is 1.84 bits per heavy atom. The monoisotopic (exact) mass is 550 g/mol. The van der Waals surface area contributed by atoms with Crippen LogP contribution in [-0.4, -0.2) is 59.2 Å². The molecule has 37 heavy (non-hydrogen) atoms. The Morgan fingerprint density at radius 3 is 2.51 bits per heavy atom. The van der Waals surface area contributed by atoms with Gasteiger partial charge in [0.2, 0.25) is 0 Å². The number of anilines is 1. The second-order valence-corrected chi connectivity index (χ2v) is 12.3. The van der Waals surface area contributed by atoms with Crippen molar-refractivity contribution in [1.82, 2.24) is 13.9 Å². The quantitative estimate of drug-likeness (QED) is 0.384. The largest absolute Gasteiger partial charge is 0.421 e. The first kappa shape index (κ1) is 25.7. The molecule has 2 unspecified atom stereocenters. The SMILES string of the molecule is CC(O)(c1ccc(N2CCN(S(=O)(=O)c3cccs3)CC2Cn2ccc3cccnc32)cc1)C(F)(F)F. The molecule has 1 fully saturated rings. The molecule has 1 aromatic carbocycles. The molecule has 1 aliphatic rings. The number of piperazine rings is 1. The van der Waals surface area contributed by atoms with Crippen molar-refractivity contribution in [2.24, 2.45) is 0 Å². The first-order valence-corrected chi connectivity index (χ1v) is 13.9. The van der Waals surface area contributed by atoms with Gasteiger partial charge in [-0.25, -0.2) is 13.4 Å². The predicted octanol–water partition coefficient (Wildman–Crippen LogP) is 4.45. The van der Waals surface area contributed by atoms with Crippen LogP contribution in [0, 0.1) is 0 Å². The number of aromatic nitrogens is 2. The van der Waals surface area contributed by atoms with Crippen molar-refractivity contribution in [3.8, 4) is 0 Å². The van der Waals surface area contributed by atoms with Crippen LogP contribution in [0.3, 0.4) is 0 Å². The summed E-state index contributed by atoms with van der Waals surface area (Å²) in [6.45, 7) is 1.90. The van der Waals surface area contributed by atoms with Gasteiger partial charge >= 0.3 is 6.18 Å². The van der Waals surface area contributed by atoms with Crippen LogP contribution >= 0.6 is 11.3 Å². The van der Waals surface area contributed by atoms with E-state index in [1.807, 2.05) is 33.9 Å². The minimum Gasteiger partial charge on any atom is -0.376 e. The molecule has 4 aromatic rings. The second-order valence-electron chi connectivity index (χ2n) is 9.14. The van der Waals surface area contributed by atoms with Crippen LogP contribution in [0.5, 0.6) is 0 Å². The molecule has 12 heteroatoms. The third-order valence-electron chi connectivity index (χ3n) is 6.78. The van der Waals surface area contributed by atoms with Crippen LogP contribution in [-0.2, 0) is 22.2 Å². The van der Waals surface area contributed by atoms with Crippen molar-refractivity contribution in [3.63, 3.8) is 0 Å². The van der Waals surface area contributed by atoms with Crippen molar-refractivity contribution in [2.45, 2.75) is 35.5 Å². The van der Waals surface area contributed by atoms with Crippen molar-refractivity contribution in [1.29, 1.82) is 0 Å². The third kappa shape index (κ3) is 4.74. The van der Waals surface area contributed by atoms with Crippen LogP contribution in [0.15, 0.2) is 76.6 Å². The Kier molecular flexibility index (Phi) is 6.55. The number of fused-ring (bicyclic) bond motifs is 1. The Hall–Kier alpha value is -2.93. The minimum absolute atomic E-state index is 0.189. The molecule has 0 radical (unpaired) electrons. The highest BCUT2D eigenvalue weighted by Gasteiger charge is 2.51. The van der Waals surface area contributed by atoms with Crippen LogP contribution in [0.4, 0.5) is 18.9 Å². The molecule has 0 aliphatic carbocycles. The maximum Gasteiger partial charge on any atom is 0.421 e. The summed E-state index contributed by atoms with van der Waals surface area (Å²) in [5.74, 6) is 0. The van der Waals surface area contributed by atoms with E-state index in [0.29, 0.717) is 18.8 Å². The van der Waals surface area contributed by atoms with E-state index >= 15 is 0 Å². The van der Waals surface area contributed by atoms with Crippen molar-refractivity contribution < 1.29 is 26.7 Å². The van der Waals surface area contributed by atoms with Gasteiger partial charge in [-0.3, -0.25) is 0 Å². The Bertz CT molecular complexity index is 1480. The van der Waals surface area contributed by atoms with Gasteiger partial charge in [0.1, 0.15) is 9.86 Å². The summed E-state index contributed by atoms with van der Waals surface area (Å²) in [4.78, 5) is 6.46. The summed E-state index contributed by atoms with van der Waals surface area (Å²) < 4.78 is 70.2. The summed E-state index contributed by atoms with van der Waals surface area (Å²) in [6.07, 6.45) is -1.23. The molecule has 2 atom stereocenters. The number of hydrogen-bond acceptors (Lipinski definition) is 6. The number of thiophene rings is 1. The number of pyridine rings is 1. The van der Waals surface area contributed by atoms with Crippen LogP contribution in [0.25, 0.3) is 11.0 Å². The van der Waals surface area contributed by atoms with Gasteiger partial charge in [-0.2, -0.15) is 17.5 Å². The van der Waals surface area contributed by atoms with E-state index in [2.05, 4.69) is 4.98 Å². The Morgan fingerprint density at radius 1 is 1.08 bits per heavy atom. The number of rotatable bonds is 6. The number of sulfonamides is 1. The summed E-state index contributed by atoms with van der Waals surface area (Å²) in [7, 11) is -3.68. The molecular formula is C25H25F3N4O3S2. The zero-order chi connectivity index (χ0) is 26.4. The highest BCUT2D eigenvalue weighted by molar-refractivity contribution is 7.91. The normalized spacial score (nSPS) is 19.3. The molecule has 7 nitrogen and oxygen atoms in total. The van der Waals surface area contributed by atoms with Gasteiger partial charge in [0.15, 0.2) is 5.60 Å². The summed E-state index contributed by atoms with van der Waals surface area (Å²) >= 11 is 1.16. The van der Waals surface area contributed by atoms with E-state index in [1.165, 1.54) is 28.6 Å². The molecule has 0 spiro atoms. The number of aliphatic hydroxyl groups is 1. The molecular weight excluding hydrogens is 525 g/mol. The molecule has 5 rings (SSSR count). The molecule has 4 heterocycles. The first-order valence-electron chi connectivity index (χ1n) is 11.6. The van der Waals surface area contributed by atoms with Crippen molar-refractivity contribution in [3.05, 3.63) is 77.9 Å². The maximum atomic E-state index is 13.3. The molecule has 1 aliphatic heterocycles. The predicted molar refractivity (Wildman–Crippen MR) is 136 cm³/mol. The zero-order valence-electron chi connectivity index (χ0n) is 19.8. The fourth-order valence-electron chi connectivity index (χ4n) is 4.61. The number of alkyl halides is 3. The number of benzene rings is 1. The third-order valence-corrected chi connectivity index (χ3v) is 10.0. The van der Waals surface area contributed by atoms with Gasteiger partial charge in [0.25, 0.3) is 10.0 Å². The van der Waals surface area contributed by atoms with Gasteiger partial charge in [-0.1, -0.05) is 18.2 Å². The lowest BCUT2D eigenvalue weighted by atomic mass is 9.95. The van der Waals surface area contributed by atoms with Gasteiger partial charge in [-0.05, 0) is 54.3 Å². The highest BCUT2D eigenvalue weighted by atomic mass is 32.2. The lowest BCUT2D eigenvalue weighted by Crippen LogP contribution is -2.56. The Balaban J connectivity index is 1.47. The van der Waals surface area contributed by atoms with Gasteiger partial charge in [0, 0.05) is 49.6 Å². The van der Waals surface area contributed by atoms with Crippen LogP contribution < -0.4 is 4.90 Å². The number of hydrogen-bond donors (Lipinski definition) is 1. The van der Waals surface area contributed by atoms with E-state index in [4.69, 9.17) is 0 Å². The van der Waals surface area contributed by atoms with Crippen LogP contribution in [0.2, 0.25) is 0 Å². The fraction of sp³-hybridized carbons (Fsp3) is 0.320. The van der Waals surface area contributed by atoms with Crippen LogP contribution in [0.1, 0.15) is 12.5 Å². The first-order chi connectivity index (χ1) is 17.5. The standard InChI is InChI=1S/C25H25F3N4O3S2/c1-24(33,25(26,27)28)19-6-8-20(9-7-19)32-14-13-31(37(34,35)22-5-3-15-36-22)17-21(32)16-30-12-10-18-4-2-11-29-23(18)30/h2-12,15,21,33H,13-14,16-17H2,1H3. The lowest BCUT2D eigenvalue weighted by Gasteiger charge is -2.42. The maximum absolute atomic E-state index is 13.3. The van der Waals surface area contributed by atoms with E-state index in [1.54, 1.807) is 23.7 Å². The highest BCUT2D eigenvalue weighted by Crippen LogP contribution is 2.39. The molecule has 1 N–H and O–H groups in total. The average molecular weight is 551 g/mol. The smallest absolute Gasteiger partial charge is 0.376 e. The number of halogens is 3. The van der Waals surface area contributed by atoms with E-state index in [-0.39, 0.29) is 28.9 Å². The molecule has 0 amide bonds. The van der Waals surface area contributed by atoms with Gasteiger partial charge in [0.05, 0.1) is 6.04 Å². The second kappa shape index (κ2) is 9.43. The minimum atomic E-state index is -4.82. The van der Waals surface area contributed by atoms with E-state index in [9.17, 15) is 26.7 Å². The van der Waals surface area contributed by atoms with E-state index < -0.39 is 21.8 Å².